The molecule has 5 nitrogen and oxygen atoms in total. The van der Waals surface area contributed by atoms with Crippen molar-refractivity contribution in [3.05, 3.63) is 36.5 Å². The number of rotatable bonds is 4. The first-order valence-corrected chi connectivity index (χ1v) is 5.26. The van der Waals surface area contributed by atoms with Crippen LogP contribution in [0.2, 0.25) is 0 Å². The third-order valence-electron chi connectivity index (χ3n) is 2.21. The standard InChI is InChI=1S/C11H15N5/c1-9-4-3-5-11(14-9)15-10(2)6-16-8-12-7-13-16/h3-5,7-8,10H,6H2,1-2H3,(H,14,15). The SMILES string of the molecule is Cc1cccc(NC(C)Cn2cncn2)n1. The van der Waals surface area contributed by atoms with E-state index in [0.717, 1.165) is 18.1 Å². The summed E-state index contributed by atoms with van der Waals surface area (Å²) in [6.45, 7) is 4.84. The van der Waals surface area contributed by atoms with Gasteiger partial charge < -0.3 is 5.32 Å². The van der Waals surface area contributed by atoms with E-state index in [2.05, 4.69) is 27.3 Å². The van der Waals surface area contributed by atoms with Crippen molar-refractivity contribution in [1.29, 1.82) is 0 Å². The van der Waals surface area contributed by atoms with Gasteiger partial charge >= 0.3 is 0 Å². The Morgan fingerprint density at radius 2 is 2.31 bits per heavy atom. The van der Waals surface area contributed by atoms with Crippen molar-refractivity contribution in [3.63, 3.8) is 0 Å². The zero-order chi connectivity index (χ0) is 11.4. The van der Waals surface area contributed by atoms with E-state index in [9.17, 15) is 0 Å². The molecule has 0 saturated heterocycles. The van der Waals surface area contributed by atoms with E-state index in [1.165, 1.54) is 6.33 Å². The predicted octanol–water partition coefficient (Wildman–Crippen LogP) is 1.48. The number of hydrogen-bond donors (Lipinski definition) is 1. The fourth-order valence-electron chi connectivity index (χ4n) is 1.53. The summed E-state index contributed by atoms with van der Waals surface area (Å²) in [4.78, 5) is 8.29. The molecule has 2 aromatic rings. The minimum atomic E-state index is 0.260. The highest BCUT2D eigenvalue weighted by Gasteiger charge is 2.04. The first kappa shape index (κ1) is 10.6. The van der Waals surface area contributed by atoms with Crippen LogP contribution < -0.4 is 5.32 Å². The lowest BCUT2D eigenvalue weighted by molar-refractivity contribution is 0.558. The van der Waals surface area contributed by atoms with Crippen molar-refractivity contribution in [2.45, 2.75) is 26.4 Å². The van der Waals surface area contributed by atoms with Gasteiger partial charge in [0.25, 0.3) is 0 Å². The molecule has 2 heterocycles. The van der Waals surface area contributed by atoms with Gasteiger partial charge in [-0.2, -0.15) is 5.10 Å². The smallest absolute Gasteiger partial charge is 0.137 e. The Morgan fingerprint density at radius 3 is 3.00 bits per heavy atom. The Bertz CT molecular complexity index is 437. The van der Waals surface area contributed by atoms with Crippen LogP contribution in [0.25, 0.3) is 0 Å². The number of anilines is 1. The summed E-state index contributed by atoms with van der Waals surface area (Å²) in [5.74, 6) is 0.896. The molecule has 0 aromatic carbocycles. The molecule has 84 valence electrons. The van der Waals surface area contributed by atoms with Gasteiger partial charge in [-0.1, -0.05) is 6.07 Å². The maximum Gasteiger partial charge on any atom is 0.137 e. The van der Waals surface area contributed by atoms with E-state index in [1.807, 2.05) is 25.1 Å². The monoisotopic (exact) mass is 217 g/mol. The van der Waals surface area contributed by atoms with Gasteiger partial charge in [-0.25, -0.2) is 9.97 Å². The van der Waals surface area contributed by atoms with Gasteiger partial charge in [0, 0.05) is 11.7 Å². The second-order valence-corrected chi connectivity index (χ2v) is 3.83. The molecule has 5 heteroatoms. The molecule has 16 heavy (non-hydrogen) atoms. The first-order valence-electron chi connectivity index (χ1n) is 5.26. The average molecular weight is 217 g/mol. The van der Waals surface area contributed by atoms with Crippen molar-refractivity contribution in [1.82, 2.24) is 19.7 Å². The number of nitrogens with zero attached hydrogens (tertiary/aromatic N) is 4. The highest BCUT2D eigenvalue weighted by Crippen LogP contribution is 2.06. The lowest BCUT2D eigenvalue weighted by Gasteiger charge is -2.14. The molecule has 0 aliphatic heterocycles. The Balaban J connectivity index is 1.94. The third-order valence-corrected chi connectivity index (χ3v) is 2.21. The summed E-state index contributed by atoms with van der Waals surface area (Å²) in [7, 11) is 0. The van der Waals surface area contributed by atoms with E-state index < -0.39 is 0 Å². The number of aromatic nitrogens is 4. The molecule has 0 fully saturated rings. The van der Waals surface area contributed by atoms with Crippen LogP contribution in [0.5, 0.6) is 0 Å². The molecule has 2 rings (SSSR count). The second kappa shape index (κ2) is 4.74. The Morgan fingerprint density at radius 1 is 1.44 bits per heavy atom. The number of aryl methyl sites for hydroxylation is 1. The summed E-state index contributed by atoms with van der Waals surface area (Å²) < 4.78 is 1.80. The zero-order valence-corrected chi connectivity index (χ0v) is 9.46. The van der Waals surface area contributed by atoms with Crippen LogP contribution in [0.1, 0.15) is 12.6 Å². The molecule has 0 spiro atoms. The summed E-state index contributed by atoms with van der Waals surface area (Å²) in [5.41, 5.74) is 1.01. The van der Waals surface area contributed by atoms with Crippen LogP contribution in [0.3, 0.4) is 0 Å². The molecule has 1 atom stereocenters. The number of pyridine rings is 1. The van der Waals surface area contributed by atoms with Gasteiger partial charge in [0.15, 0.2) is 0 Å². The molecule has 1 unspecified atom stereocenters. The summed E-state index contributed by atoms with van der Waals surface area (Å²) in [5, 5.41) is 7.38. The molecular weight excluding hydrogens is 202 g/mol. The van der Waals surface area contributed by atoms with E-state index >= 15 is 0 Å². The van der Waals surface area contributed by atoms with Crippen LogP contribution in [-0.4, -0.2) is 25.8 Å². The zero-order valence-electron chi connectivity index (χ0n) is 9.46. The van der Waals surface area contributed by atoms with E-state index in [4.69, 9.17) is 0 Å². The van der Waals surface area contributed by atoms with Crippen LogP contribution in [-0.2, 0) is 6.54 Å². The Kier molecular flexibility index (Phi) is 3.14. The largest absolute Gasteiger partial charge is 0.366 e. The van der Waals surface area contributed by atoms with Crippen LogP contribution >= 0.6 is 0 Å². The fraction of sp³-hybridized carbons (Fsp3) is 0.364. The van der Waals surface area contributed by atoms with Crippen LogP contribution in [0.4, 0.5) is 5.82 Å². The van der Waals surface area contributed by atoms with Crippen molar-refractivity contribution in [2.75, 3.05) is 5.32 Å². The average Bonchev–Trinajstić information content (AvgIpc) is 2.70. The molecule has 0 aliphatic rings. The molecule has 0 amide bonds. The minimum absolute atomic E-state index is 0.260. The van der Waals surface area contributed by atoms with Crippen molar-refractivity contribution in [3.8, 4) is 0 Å². The Labute approximate surface area is 94.5 Å². The molecule has 1 N–H and O–H groups in total. The number of hydrogen-bond acceptors (Lipinski definition) is 4. The molecular formula is C11H15N5. The first-order chi connectivity index (χ1) is 7.74. The normalized spacial score (nSPS) is 12.4. The van der Waals surface area contributed by atoms with Gasteiger partial charge in [-0.3, -0.25) is 4.68 Å². The lowest BCUT2D eigenvalue weighted by atomic mass is 10.3. The highest BCUT2D eigenvalue weighted by atomic mass is 15.3. The molecule has 0 radical (unpaired) electrons. The topological polar surface area (TPSA) is 55.6 Å². The van der Waals surface area contributed by atoms with Crippen LogP contribution in [0.15, 0.2) is 30.9 Å². The van der Waals surface area contributed by atoms with Gasteiger partial charge in [-0.05, 0) is 26.0 Å². The second-order valence-electron chi connectivity index (χ2n) is 3.83. The summed E-state index contributed by atoms with van der Waals surface area (Å²) in [6, 6.07) is 6.20. The van der Waals surface area contributed by atoms with Crippen molar-refractivity contribution >= 4 is 5.82 Å². The van der Waals surface area contributed by atoms with Gasteiger partial charge in [0.2, 0.25) is 0 Å². The Hall–Kier alpha value is -1.91. The van der Waals surface area contributed by atoms with Gasteiger partial charge in [0.1, 0.15) is 18.5 Å². The summed E-state index contributed by atoms with van der Waals surface area (Å²) >= 11 is 0. The van der Waals surface area contributed by atoms with Crippen molar-refractivity contribution < 1.29 is 0 Å². The lowest BCUT2D eigenvalue weighted by Crippen LogP contribution is -2.22. The van der Waals surface area contributed by atoms with E-state index in [-0.39, 0.29) is 6.04 Å². The van der Waals surface area contributed by atoms with Crippen molar-refractivity contribution in [2.24, 2.45) is 0 Å². The van der Waals surface area contributed by atoms with Crippen LogP contribution in [0, 0.1) is 6.92 Å². The summed E-state index contributed by atoms with van der Waals surface area (Å²) in [6.07, 6.45) is 3.25. The van der Waals surface area contributed by atoms with Gasteiger partial charge in [0.05, 0.1) is 6.54 Å². The third kappa shape index (κ3) is 2.79. The maximum atomic E-state index is 4.39. The molecule has 0 aliphatic carbocycles. The van der Waals surface area contributed by atoms with E-state index in [1.54, 1.807) is 11.0 Å². The fourth-order valence-corrected chi connectivity index (χ4v) is 1.53. The quantitative estimate of drug-likeness (QED) is 0.842. The maximum absolute atomic E-state index is 4.39. The minimum Gasteiger partial charge on any atom is -0.366 e. The van der Waals surface area contributed by atoms with E-state index in [0.29, 0.717) is 0 Å². The number of nitrogens with one attached hydrogen (secondary N) is 1. The molecule has 0 bridgehead atoms. The molecule has 2 aromatic heterocycles. The highest BCUT2D eigenvalue weighted by molar-refractivity contribution is 5.35. The van der Waals surface area contributed by atoms with Gasteiger partial charge in [-0.15, -0.1) is 0 Å². The predicted molar refractivity (Wildman–Crippen MR) is 62.1 cm³/mol. The molecule has 0 saturated carbocycles.